The Morgan fingerprint density at radius 2 is 1.85 bits per heavy atom. The molecule has 5 unspecified atom stereocenters. The average molecular weight is 282 g/mol. The molecular weight excluding hydrogens is 256 g/mol. The molecule has 2 aliphatic heterocycles. The van der Waals surface area contributed by atoms with Crippen molar-refractivity contribution in [1.82, 2.24) is 0 Å². The molecular formula is C16H26O4. The van der Waals surface area contributed by atoms with Crippen LogP contribution in [0.1, 0.15) is 27.2 Å². The molecule has 0 saturated carbocycles. The van der Waals surface area contributed by atoms with Gasteiger partial charge in [-0.3, -0.25) is 0 Å². The summed E-state index contributed by atoms with van der Waals surface area (Å²) in [6, 6.07) is 0. The second-order valence-corrected chi connectivity index (χ2v) is 6.35. The molecule has 4 heteroatoms. The highest BCUT2D eigenvalue weighted by molar-refractivity contribution is 4.98. The van der Waals surface area contributed by atoms with Crippen LogP contribution < -0.4 is 0 Å². The Kier molecular flexibility index (Phi) is 4.45. The zero-order valence-corrected chi connectivity index (χ0v) is 12.8. The van der Waals surface area contributed by atoms with Gasteiger partial charge in [-0.25, -0.2) is 0 Å². The van der Waals surface area contributed by atoms with E-state index >= 15 is 0 Å². The Bertz CT molecular complexity index is 369. The molecule has 114 valence electrons. The maximum atomic E-state index is 6.08. The van der Waals surface area contributed by atoms with Crippen LogP contribution in [-0.4, -0.2) is 37.1 Å². The van der Waals surface area contributed by atoms with E-state index in [0.717, 1.165) is 6.42 Å². The highest BCUT2D eigenvalue weighted by Gasteiger charge is 2.49. The molecule has 5 atom stereocenters. The van der Waals surface area contributed by atoms with Gasteiger partial charge in [-0.2, -0.15) is 0 Å². The van der Waals surface area contributed by atoms with Crippen molar-refractivity contribution in [3.8, 4) is 0 Å². The third-order valence-corrected chi connectivity index (χ3v) is 4.74. The quantitative estimate of drug-likeness (QED) is 0.743. The van der Waals surface area contributed by atoms with Crippen LogP contribution in [0, 0.1) is 11.8 Å². The molecule has 2 aliphatic rings. The summed E-state index contributed by atoms with van der Waals surface area (Å²) in [5, 5.41) is 0. The highest BCUT2D eigenvalue weighted by Crippen LogP contribution is 2.41. The summed E-state index contributed by atoms with van der Waals surface area (Å²) in [6.45, 7) is 15.4. The van der Waals surface area contributed by atoms with Gasteiger partial charge in [0.1, 0.15) is 11.2 Å². The van der Waals surface area contributed by atoms with Crippen molar-refractivity contribution in [3.63, 3.8) is 0 Å². The van der Waals surface area contributed by atoms with Crippen molar-refractivity contribution in [3.05, 3.63) is 25.7 Å². The fraction of sp³-hybridized carbons (Fsp3) is 0.750. The first-order valence-electron chi connectivity index (χ1n) is 7.21. The van der Waals surface area contributed by atoms with E-state index in [2.05, 4.69) is 27.0 Å². The Morgan fingerprint density at radius 1 is 1.15 bits per heavy atom. The minimum atomic E-state index is -0.367. The van der Waals surface area contributed by atoms with Gasteiger partial charge in [0.2, 0.25) is 0 Å². The van der Waals surface area contributed by atoms with Crippen LogP contribution >= 0.6 is 0 Å². The van der Waals surface area contributed by atoms with Gasteiger partial charge < -0.3 is 18.9 Å². The third-order valence-electron chi connectivity index (χ3n) is 4.74. The maximum absolute atomic E-state index is 6.08. The van der Waals surface area contributed by atoms with Gasteiger partial charge >= 0.3 is 0 Å². The topological polar surface area (TPSA) is 36.9 Å². The van der Waals surface area contributed by atoms with Crippen molar-refractivity contribution in [1.29, 1.82) is 0 Å². The van der Waals surface area contributed by atoms with Gasteiger partial charge in [-0.05, 0) is 13.8 Å². The van der Waals surface area contributed by atoms with Gasteiger partial charge in [-0.1, -0.05) is 20.1 Å². The number of hydrogen-bond donors (Lipinski definition) is 0. The summed E-state index contributed by atoms with van der Waals surface area (Å²) in [5.74, 6) is 0.620. The molecule has 0 spiro atoms. The number of fused-ring (bicyclic) bond motifs is 1. The summed E-state index contributed by atoms with van der Waals surface area (Å²) in [7, 11) is 0. The molecule has 2 heterocycles. The first kappa shape index (κ1) is 15.4. The number of hydrogen-bond acceptors (Lipinski definition) is 4. The van der Waals surface area contributed by atoms with Crippen LogP contribution in [0.25, 0.3) is 0 Å². The normalized spacial score (nSPS) is 44.9. The molecule has 2 saturated heterocycles. The van der Waals surface area contributed by atoms with Crippen molar-refractivity contribution >= 4 is 0 Å². The molecule has 0 aromatic rings. The summed E-state index contributed by atoms with van der Waals surface area (Å²) in [4.78, 5) is 0. The maximum Gasteiger partial charge on any atom is 0.131 e. The lowest BCUT2D eigenvalue weighted by atomic mass is 9.74. The predicted molar refractivity (Wildman–Crippen MR) is 77.2 cm³/mol. The van der Waals surface area contributed by atoms with Crippen molar-refractivity contribution in [2.75, 3.05) is 19.8 Å². The van der Waals surface area contributed by atoms with Crippen LogP contribution in [0.5, 0.6) is 0 Å². The van der Waals surface area contributed by atoms with Gasteiger partial charge in [0.25, 0.3) is 0 Å². The Hall–Kier alpha value is -1.00. The minimum Gasteiger partial charge on any atom is -0.493 e. The van der Waals surface area contributed by atoms with Crippen LogP contribution in [0.15, 0.2) is 25.7 Å². The van der Waals surface area contributed by atoms with E-state index < -0.39 is 0 Å². The molecule has 2 fully saturated rings. The molecule has 0 aliphatic carbocycles. The molecule has 20 heavy (non-hydrogen) atoms. The molecule has 0 aromatic carbocycles. The van der Waals surface area contributed by atoms with Crippen molar-refractivity contribution in [2.45, 2.75) is 44.5 Å². The summed E-state index contributed by atoms with van der Waals surface area (Å²) in [5.41, 5.74) is -0.708. The zero-order valence-electron chi connectivity index (χ0n) is 12.8. The summed E-state index contributed by atoms with van der Waals surface area (Å²) < 4.78 is 23.3. The van der Waals surface area contributed by atoms with Crippen molar-refractivity contribution < 1.29 is 18.9 Å². The number of ether oxygens (including phenoxy) is 4. The van der Waals surface area contributed by atoms with Crippen LogP contribution in [0.2, 0.25) is 0 Å². The van der Waals surface area contributed by atoms with E-state index in [-0.39, 0.29) is 17.3 Å². The van der Waals surface area contributed by atoms with Crippen LogP contribution in [-0.2, 0) is 18.9 Å². The predicted octanol–water partition coefficient (Wildman–Crippen LogP) is 2.90. The fourth-order valence-corrected chi connectivity index (χ4v) is 3.27. The Morgan fingerprint density at radius 3 is 2.50 bits per heavy atom. The molecule has 0 N–H and O–H groups in total. The van der Waals surface area contributed by atoms with E-state index in [4.69, 9.17) is 18.9 Å². The SMILES string of the molecule is C=COC1(C)COCC2C(C1)OCC(C)(OC=C)C2C. The van der Waals surface area contributed by atoms with Gasteiger partial charge in [0, 0.05) is 18.3 Å². The lowest BCUT2D eigenvalue weighted by molar-refractivity contribution is -0.185. The smallest absolute Gasteiger partial charge is 0.131 e. The standard InChI is InChI=1S/C16H26O4/c1-6-19-15(4)8-14-13(9-17-10-15)12(3)16(5,11-18-14)20-7-2/h6-7,12-14H,1-2,8-11H2,3-5H3. The first-order valence-corrected chi connectivity index (χ1v) is 7.21. The first-order chi connectivity index (χ1) is 9.44. The van der Waals surface area contributed by atoms with Gasteiger partial charge in [0.15, 0.2) is 0 Å². The second-order valence-electron chi connectivity index (χ2n) is 6.35. The zero-order chi connectivity index (χ0) is 14.8. The van der Waals surface area contributed by atoms with Gasteiger partial charge in [0.05, 0.1) is 38.4 Å². The largest absolute Gasteiger partial charge is 0.493 e. The number of rotatable bonds is 4. The van der Waals surface area contributed by atoms with E-state index in [0.29, 0.717) is 31.7 Å². The van der Waals surface area contributed by atoms with E-state index in [1.165, 1.54) is 12.5 Å². The molecule has 4 nitrogen and oxygen atoms in total. The Balaban J connectivity index is 2.14. The highest BCUT2D eigenvalue weighted by atomic mass is 16.6. The van der Waals surface area contributed by atoms with E-state index in [1.54, 1.807) is 0 Å². The molecule has 2 rings (SSSR count). The van der Waals surface area contributed by atoms with E-state index in [9.17, 15) is 0 Å². The van der Waals surface area contributed by atoms with Crippen LogP contribution in [0.4, 0.5) is 0 Å². The summed E-state index contributed by atoms with van der Waals surface area (Å²) in [6.07, 6.45) is 3.92. The molecule has 0 aromatic heterocycles. The average Bonchev–Trinajstić information content (AvgIpc) is 2.54. The molecule has 0 radical (unpaired) electrons. The monoisotopic (exact) mass is 282 g/mol. The second kappa shape index (κ2) is 5.78. The fourth-order valence-electron chi connectivity index (χ4n) is 3.27. The van der Waals surface area contributed by atoms with Gasteiger partial charge in [-0.15, -0.1) is 0 Å². The van der Waals surface area contributed by atoms with Crippen molar-refractivity contribution in [2.24, 2.45) is 11.8 Å². The summed E-state index contributed by atoms with van der Waals surface area (Å²) >= 11 is 0. The van der Waals surface area contributed by atoms with E-state index in [1.807, 2.05) is 6.92 Å². The third kappa shape index (κ3) is 2.86. The lowest BCUT2D eigenvalue weighted by Gasteiger charge is -2.47. The molecule has 0 amide bonds. The van der Waals surface area contributed by atoms with Crippen LogP contribution in [0.3, 0.4) is 0 Å². The lowest BCUT2D eigenvalue weighted by Crippen LogP contribution is -2.54. The molecule has 0 bridgehead atoms. The Labute approximate surface area is 121 Å². The minimum absolute atomic E-state index is 0.124.